The van der Waals surface area contributed by atoms with Gasteiger partial charge in [-0.05, 0) is 37.3 Å². The van der Waals surface area contributed by atoms with E-state index in [1.165, 1.54) is 12.3 Å². The number of nitrogens with one attached hydrogen (secondary N) is 1. The van der Waals surface area contributed by atoms with Crippen molar-refractivity contribution in [3.05, 3.63) is 95.1 Å². The Kier molecular flexibility index (Phi) is 4.44. The first-order chi connectivity index (χ1) is 15.4. The maximum atomic E-state index is 14.0. The monoisotopic (exact) mass is 434 g/mol. The van der Waals surface area contributed by atoms with Crippen LogP contribution in [0, 0.1) is 18.6 Å². The molecule has 2 aromatic carbocycles. The molecule has 5 rings (SSSR count). The molecule has 0 bridgehead atoms. The van der Waals surface area contributed by atoms with Gasteiger partial charge < -0.3 is 14.5 Å². The molecule has 2 aromatic heterocycles. The van der Waals surface area contributed by atoms with Crippen molar-refractivity contribution < 1.29 is 27.9 Å². The molecule has 0 radical (unpaired) electrons. The van der Waals surface area contributed by atoms with Crippen molar-refractivity contribution >= 4 is 34.0 Å². The van der Waals surface area contributed by atoms with Gasteiger partial charge in [0.15, 0.2) is 11.6 Å². The maximum absolute atomic E-state index is 14.0. The Morgan fingerprint density at radius 3 is 2.56 bits per heavy atom. The lowest BCUT2D eigenvalue weighted by molar-refractivity contribution is -0.132. The number of aromatic amines is 1. The van der Waals surface area contributed by atoms with Crippen LogP contribution in [0.25, 0.3) is 16.7 Å². The van der Waals surface area contributed by atoms with Gasteiger partial charge in [-0.25, -0.2) is 8.78 Å². The first-order valence-corrected chi connectivity index (χ1v) is 9.75. The fourth-order valence-electron chi connectivity index (χ4n) is 4.02. The number of para-hydroxylation sites is 1. The molecule has 8 heteroatoms. The summed E-state index contributed by atoms with van der Waals surface area (Å²) in [5, 5.41) is 11.8. The third-order valence-electron chi connectivity index (χ3n) is 5.50. The van der Waals surface area contributed by atoms with Gasteiger partial charge in [0.25, 0.3) is 11.7 Å². The molecule has 1 unspecified atom stereocenters. The van der Waals surface area contributed by atoms with Crippen molar-refractivity contribution in [2.45, 2.75) is 13.0 Å². The smallest absolute Gasteiger partial charge is 0.300 e. The number of ketones is 1. The molecule has 1 fully saturated rings. The van der Waals surface area contributed by atoms with Gasteiger partial charge >= 0.3 is 0 Å². The number of Topliss-reactive ketones (excluding diaryl/α,β-unsaturated/α-hetero) is 1. The highest BCUT2D eigenvalue weighted by Gasteiger charge is 2.48. The second-order valence-electron chi connectivity index (χ2n) is 7.46. The lowest BCUT2D eigenvalue weighted by Gasteiger charge is -2.23. The number of hydrogen-bond donors (Lipinski definition) is 2. The molecule has 0 aliphatic carbocycles. The van der Waals surface area contributed by atoms with E-state index in [0.717, 1.165) is 22.5 Å². The molecule has 0 spiro atoms. The van der Waals surface area contributed by atoms with Crippen LogP contribution in [-0.2, 0) is 9.59 Å². The number of furan rings is 1. The number of hydrogen-bond acceptors (Lipinski definition) is 4. The number of anilines is 1. The number of nitrogens with zero attached hydrogens (tertiary/aromatic N) is 1. The fraction of sp³-hybridized carbons (Fsp3) is 0.0833. The predicted octanol–water partition coefficient (Wildman–Crippen LogP) is 4.97. The first-order valence-electron chi connectivity index (χ1n) is 9.75. The second kappa shape index (κ2) is 7.19. The highest BCUT2D eigenvalue weighted by Crippen LogP contribution is 2.43. The molecule has 1 atom stereocenters. The van der Waals surface area contributed by atoms with Crippen LogP contribution >= 0.6 is 0 Å². The van der Waals surface area contributed by atoms with E-state index in [1.54, 1.807) is 37.3 Å². The summed E-state index contributed by atoms with van der Waals surface area (Å²) in [6.45, 7) is 1.69. The Morgan fingerprint density at radius 1 is 1.06 bits per heavy atom. The van der Waals surface area contributed by atoms with E-state index in [1.807, 2.05) is 6.07 Å². The van der Waals surface area contributed by atoms with Crippen LogP contribution in [0.3, 0.4) is 0 Å². The summed E-state index contributed by atoms with van der Waals surface area (Å²) in [5.41, 5.74) is 0.813. The zero-order valence-electron chi connectivity index (χ0n) is 16.7. The summed E-state index contributed by atoms with van der Waals surface area (Å²) in [6.07, 6.45) is 1.54. The predicted molar refractivity (Wildman–Crippen MR) is 113 cm³/mol. The Bertz CT molecular complexity index is 1430. The van der Waals surface area contributed by atoms with Gasteiger partial charge in [0.2, 0.25) is 0 Å². The number of aryl methyl sites for hydroxylation is 1. The molecular weight excluding hydrogens is 418 g/mol. The van der Waals surface area contributed by atoms with Crippen LogP contribution in [0.4, 0.5) is 14.5 Å². The quantitative estimate of drug-likeness (QED) is 0.271. The average molecular weight is 434 g/mol. The number of aliphatic hydroxyl groups excluding tert-OH is 1. The van der Waals surface area contributed by atoms with Crippen LogP contribution in [0.5, 0.6) is 0 Å². The van der Waals surface area contributed by atoms with Gasteiger partial charge in [0, 0.05) is 34.4 Å². The molecular formula is C24H16F2N2O4. The van der Waals surface area contributed by atoms with E-state index in [0.29, 0.717) is 16.7 Å². The zero-order valence-corrected chi connectivity index (χ0v) is 16.7. The number of fused-ring (bicyclic) bond motifs is 1. The molecule has 1 amide bonds. The number of halogens is 2. The molecule has 1 aliphatic heterocycles. The third kappa shape index (κ3) is 2.91. The van der Waals surface area contributed by atoms with Crippen molar-refractivity contribution in [1.29, 1.82) is 0 Å². The summed E-state index contributed by atoms with van der Waals surface area (Å²) >= 11 is 0. The SMILES string of the molecule is Cc1ccc(C2/C(=C(/O)c3c[nH]c4ccccc34)C(=O)C(=O)N2c2ccc(F)c(F)c2)o1. The van der Waals surface area contributed by atoms with E-state index >= 15 is 0 Å². The molecule has 3 heterocycles. The molecule has 4 aromatic rings. The standard InChI is InChI=1S/C24H16F2N2O4/c1-12-6-9-19(32-12)21-20(22(29)15-11-27-18-5-3-2-4-14(15)18)23(30)24(31)28(21)13-7-8-16(25)17(26)10-13/h2-11,21,27,29H,1H3/b22-20-. The molecule has 1 saturated heterocycles. The first kappa shape index (κ1) is 19.7. The van der Waals surface area contributed by atoms with Gasteiger partial charge in [-0.3, -0.25) is 14.5 Å². The zero-order chi connectivity index (χ0) is 22.6. The number of carbonyl (C=O) groups excluding carboxylic acids is 2. The van der Waals surface area contributed by atoms with E-state index in [-0.39, 0.29) is 17.0 Å². The fourth-order valence-corrected chi connectivity index (χ4v) is 4.02. The number of rotatable bonds is 3. The lowest BCUT2D eigenvalue weighted by atomic mass is 9.99. The van der Waals surface area contributed by atoms with Crippen LogP contribution in [0.2, 0.25) is 0 Å². The number of H-pyrrole nitrogens is 1. The van der Waals surface area contributed by atoms with Gasteiger partial charge in [-0.1, -0.05) is 18.2 Å². The van der Waals surface area contributed by atoms with Crippen molar-refractivity contribution in [3.8, 4) is 0 Å². The summed E-state index contributed by atoms with van der Waals surface area (Å²) in [6, 6.07) is 12.1. The molecule has 0 saturated carbocycles. The largest absolute Gasteiger partial charge is 0.507 e. The lowest BCUT2D eigenvalue weighted by Crippen LogP contribution is -2.29. The summed E-state index contributed by atoms with van der Waals surface area (Å²) in [4.78, 5) is 30.1. The Morgan fingerprint density at radius 2 is 1.84 bits per heavy atom. The molecule has 160 valence electrons. The minimum atomic E-state index is -1.17. The van der Waals surface area contributed by atoms with E-state index in [9.17, 15) is 23.5 Å². The normalized spacial score (nSPS) is 18.1. The summed E-state index contributed by atoms with van der Waals surface area (Å²) in [5.74, 6) is -3.89. The molecule has 2 N–H and O–H groups in total. The van der Waals surface area contributed by atoms with Crippen LogP contribution in [0.15, 0.2) is 70.8 Å². The van der Waals surface area contributed by atoms with Crippen molar-refractivity contribution in [1.82, 2.24) is 4.98 Å². The van der Waals surface area contributed by atoms with Crippen molar-refractivity contribution in [2.75, 3.05) is 4.90 Å². The third-order valence-corrected chi connectivity index (χ3v) is 5.50. The topological polar surface area (TPSA) is 86.5 Å². The van der Waals surface area contributed by atoms with Gasteiger partial charge in [0.05, 0.1) is 5.57 Å². The van der Waals surface area contributed by atoms with Gasteiger partial charge in [0.1, 0.15) is 23.3 Å². The van der Waals surface area contributed by atoms with Crippen molar-refractivity contribution in [3.63, 3.8) is 0 Å². The number of aliphatic hydroxyl groups is 1. The molecule has 6 nitrogen and oxygen atoms in total. The highest BCUT2D eigenvalue weighted by molar-refractivity contribution is 6.51. The Labute approximate surface area is 180 Å². The van der Waals surface area contributed by atoms with Gasteiger partial charge in [-0.15, -0.1) is 0 Å². The van der Waals surface area contributed by atoms with E-state index < -0.39 is 35.1 Å². The van der Waals surface area contributed by atoms with E-state index in [4.69, 9.17) is 4.42 Å². The minimum absolute atomic E-state index is 0.0389. The average Bonchev–Trinajstić information content (AvgIpc) is 3.46. The highest BCUT2D eigenvalue weighted by atomic mass is 19.2. The van der Waals surface area contributed by atoms with Gasteiger partial charge in [-0.2, -0.15) is 0 Å². The molecule has 1 aliphatic rings. The van der Waals surface area contributed by atoms with Crippen LogP contribution < -0.4 is 4.90 Å². The summed E-state index contributed by atoms with van der Waals surface area (Å²) in [7, 11) is 0. The molecule has 32 heavy (non-hydrogen) atoms. The number of amides is 1. The van der Waals surface area contributed by atoms with Crippen LogP contribution in [0.1, 0.15) is 23.1 Å². The van der Waals surface area contributed by atoms with E-state index in [2.05, 4.69) is 4.98 Å². The Balaban J connectivity index is 1.75. The number of carbonyl (C=O) groups is 2. The number of benzene rings is 2. The Hall–Kier alpha value is -4.20. The summed E-state index contributed by atoms with van der Waals surface area (Å²) < 4.78 is 33.2. The maximum Gasteiger partial charge on any atom is 0.300 e. The second-order valence-corrected chi connectivity index (χ2v) is 7.46. The minimum Gasteiger partial charge on any atom is -0.507 e. The number of aromatic nitrogens is 1. The van der Waals surface area contributed by atoms with Crippen LogP contribution in [-0.4, -0.2) is 21.8 Å². The van der Waals surface area contributed by atoms with Crippen molar-refractivity contribution in [2.24, 2.45) is 0 Å².